The summed E-state index contributed by atoms with van der Waals surface area (Å²) in [7, 11) is 0. The highest BCUT2D eigenvalue weighted by molar-refractivity contribution is 5.87. The first-order valence-corrected chi connectivity index (χ1v) is 12.8. The van der Waals surface area contributed by atoms with Crippen molar-refractivity contribution in [3.8, 4) is 5.75 Å². The number of benzene rings is 2. The Morgan fingerprint density at radius 1 is 1.00 bits per heavy atom. The zero-order chi connectivity index (χ0) is 25.9. The Kier molecular flexibility index (Phi) is 12.6. The van der Waals surface area contributed by atoms with Crippen molar-refractivity contribution in [3.63, 3.8) is 0 Å². The van der Waals surface area contributed by atoms with Crippen LogP contribution in [0.3, 0.4) is 0 Å². The molecule has 1 aromatic heterocycles. The molecule has 0 aliphatic rings. The van der Waals surface area contributed by atoms with Crippen molar-refractivity contribution in [1.29, 1.82) is 0 Å². The first kappa shape index (κ1) is 30.4. The number of carbonyl (C=O) groups is 1. The van der Waals surface area contributed by atoms with Gasteiger partial charge in [-0.2, -0.15) is 0 Å². The predicted molar refractivity (Wildman–Crippen MR) is 152 cm³/mol. The molecule has 37 heavy (non-hydrogen) atoms. The summed E-state index contributed by atoms with van der Waals surface area (Å²) < 4.78 is 5.74. The molecule has 2 aromatic carbocycles. The van der Waals surface area contributed by atoms with Gasteiger partial charge in [0.05, 0.1) is 25.2 Å². The fourth-order valence-electron chi connectivity index (χ4n) is 4.22. The number of nitrogens with one attached hydrogen (secondary N) is 2. The number of aromatic hydroxyl groups is 1. The van der Waals surface area contributed by atoms with Crippen molar-refractivity contribution >= 4 is 29.2 Å². The van der Waals surface area contributed by atoms with E-state index in [-0.39, 0.29) is 35.7 Å². The van der Waals surface area contributed by atoms with Gasteiger partial charge in [0.15, 0.2) is 0 Å². The highest BCUT2D eigenvalue weighted by Gasteiger charge is 2.21. The fraction of sp³-hybridized carbons (Fsp3) is 0.448. The van der Waals surface area contributed by atoms with Crippen LogP contribution in [0.2, 0.25) is 0 Å². The first-order valence-electron chi connectivity index (χ1n) is 12.8. The molecule has 7 nitrogen and oxygen atoms in total. The second-order valence-corrected chi connectivity index (χ2v) is 9.52. The molecular weight excluding hydrogens is 490 g/mol. The second-order valence-electron chi connectivity index (χ2n) is 9.52. The van der Waals surface area contributed by atoms with Gasteiger partial charge in [0.2, 0.25) is 11.5 Å². The molecule has 3 aromatic rings. The van der Waals surface area contributed by atoms with Gasteiger partial charge < -0.3 is 25.0 Å². The Balaban J connectivity index is 0.00000481. The Morgan fingerprint density at radius 2 is 1.76 bits per heavy atom. The summed E-state index contributed by atoms with van der Waals surface area (Å²) in [6.45, 7) is 9.44. The maximum absolute atomic E-state index is 13.0. The molecule has 1 atom stereocenters. The maximum Gasteiger partial charge on any atom is 0.248 e. The summed E-state index contributed by atoms with van der Waals surface area (Å²) in [6, 6.07) is 17.1. The van der Waals surface area contributed by atoms with E-state index < -0.39 is 0 Å². The lowest BCUT2D eigenvalue weighted by Gasteiger charge is -2.32. The number of hydrogen-bond donors (Lipinski definition) is 3. The Labute approximate surface area is 225 Å². The van der Waals surface area contributed by atoms with E-state index >= 15 is 0 Å². The smallest absolute Gasteiger partial charge is 0.248 e. The third-order valence-corrected chi connectivity index (χ3v) is 6.68. The number of fused-ring (bicyclic) bond motifs is 1. The molecule has 0 fully saturated rings. The molecule has 0 spiro atoms. The van der Waals surface area contributed by atoms with Crippen LogP contribution in [0.15, 0.2) is 59.4 Å². The lowest BCUT2D eigenvalue weighted by molar-refractivity contribution is -0.135. The van der Waals surface area contributed by atoms with Gasteiger partial charge in [-0.1, -0.05) is 50.2 Å². The van der Waals surface area contributed by atoms with Crippen LogP contribution in [-0.4, -0.2) is 59.8 Å². The minimum atomic E-state index is -0.237. The van der Waals surface area contributed by atoms with Crippen LogP contribution in [0.5, 0.6) is 5.75 Å². The Morgan fingerprint density at radius 3 is 2.49 bits per heavy atom. The highest BCUT2D eigenvalue weighted by Crippen LogP contribution is 2.24. The van der Waals surface area contributed by atoms with Crippen LogP contribution in [0, 0.1) is 5.92 Å². The summed E-state index contributed by atoms with van der Waals surface area (Å²) in [5.74, 6) is 0.546. The number of aromatic amines is 1. The lowest BCUT2D eigenvalue weighted by atomic mass is 10.0. The molecule has 1 heterocycles. The van der Waals surface area contributed by atoms with Crippen LogP contribution in [0.4, 0.5) is 0 Å². The van der Waals surface area contributed by atoms with Gasteiger partial charge in [0, 0.05) is 30.6 Å². The van der Waals surface area contributed by atoms with Gasteiger partial charge in [-0.3, -0.25) is 9.59 Å². The standard InChI is InChI=1S/C29H39N3O4.ClH/c1-21(2)22(3)32(28(35)15-20-36-19-14-23-7-5-4-6-8-23)18-17-30-16-13-24-9-11-26(33)29-25(24)10-12-27(34)31-29;/h4-12,21-22,30,33H,13-20H2,1-3H3,(H,31,34);1H/t22-;/m1./s1. The number of phenolic OH excluding ortho intramolecular Hbond substituents is 1. The van der Waals surface area contributed by atoms with Gasteiger partial charge in [-0.25, -0.2) is 0 Å². The molecule has 0 bridgehead atoms. The van der Waals surface area contributed by atoms with Gasteiger partial charge in [-0.05, 0) is 55.5 Å². The molecular formula is C29H40ClN3O4. The van der Waals surface area contributed by atoms with E-state index in [9.17, 15) is 14.7 Å². The maximum atomic E-state index is 13.0. The number of aromatic nitrogens is 1. The molecule has 0 aliphatic heterocycles. The van der Waals surface area contributed by atoms with Crippen LogP contribution < -0.4 is 10.9 Å². The Hall–Kier alpha value is -2.87. The summed E-state index contributed by atoms with van der Waals surface area (Å²) in [4.78, 5) is 29.2. The van der Waals surface area contributed by atoms with Crippen LogP contribution in [-0.2, 0) is 22.4 Å². The Bertz CT molecular complexity index is 1170. The zero-order valence-corrected chi connectivity index (χ0v) is 22.9. The SMILES string of the molecule is CC(C)[C@@H](C)N(CCNCCc1ccc(O)c2[nH]c(=O)ccc12)C(=O)CCOCCc1ccccc1.Cl. The second kappa shape index (κ2) is 15.4. The molecule has 0 saturated carbocycles. The van der Waals surface area contributed by atoms with E-state index in [1.165, 1.54) is 11.6 Å². The third kappa shape index (κ3) is 9.18. The molecule has 1 amide bonds. The van der Waals surface area contributed by atoms with Gasteiger partial charge >= 0.3 is 0 Å². The van der Waals surface area contributed by atoms with E-state index in [1.54, 1.807) is 12.1 Å². The highest BCUT2D eigenvalue weighted by atomic mass is 35.5. The van der Waals surface area contributed by atoms with E-state index in [4.69, 9.17) is 4.74 Å². The number of carbonyl (C=O) groups excluding carboxylic acids is 1. The first-order chi connectivity index (χ1) is 17.4. The van der Waals surface area contributed by atoms with Gasteiger partial charge in [0.1, 0.15) is 5.75 Å². The molecule has 3 N–H and O–H groups in total. The van der Waals surface area contributed by atoms with Crippen molar-refractivity contribution in [3.05, 3.63) is 76.1 Å². The van der Waals surface area contributed by atoms with E-state index in [0.717, 1.165) is 30.3 Å². The molecule has 0 radical (unpaired) electrons. The van der Waals surface area contributed by atoms with Crippen molar-refractivity contribution in [1.82, 2.24) is 15.2 Å². The number of amides is 1. The number of phenols is 1. The van der Waals surface area contributed by atoms with E-state index in [0.29, 0.717) is 44.2 Å². The lowest BCUT2D eigenvalue weighted by Crippen LogP contribution is -2.45. The average molecular weight is 530 g/mol. The molecule has 0 aliphatic carbocycles. The summed E-state index contributed by atoms with van der Waals surface area (Å²) in [5.41, 5.74) is 2.51. The van der Waals surface area contributed by atoms with Crippen molar-refractivity contribution < 1.29 is 14.6 Å². The van der Waals surface area contributed by atoms with Crippen LogP contribution in [0.1, 0.15) is 38.3 Å². The molecule has 0 unspecified atom stereocenters. The summed E-state index contributed by atoms with van der Waals surface area (Å²) >= 11 is 0. The number of H-pyrrole nitrogens is 1. The number of nitrogens with zero attached hydrogens (tertiary/aromatic N) is 1. The van der Waals surface area contributed by atoms with Gasteiger partial charge in [-0.15, -0.1) is 12.4 Å². The number of hydrogen-bond acceptors (Lipinski definition) is 5. The minimum absolute atomic E-state index is 0. The van der Waals surface area contributed by atoms with Crippen molar-refractivity contribution in [2.45, 2.75) is 46.1 Å². The third-order valence-electron chi connectivity index (χ3n) is 6.68. The van der Waals surface area contributed by atoms with Crippen molar-refractivity contribution in [2.75, 3.05) is 32.8 Å². The quantitative estimate of drug-likeness (QED) is 0.270. The predicted octanol–water partition coefficient (Wildman–Crippen LogP) is 4.31. The van der Waals surface area contributed by atoms with Crippen LogP contribution in [0.25, 0.3) is 10.9 Å². The van der Waals surface area contributed by atoms with Crippen LogP contribution >= 0.6 is 12.4 Å². The number of pyridine rings is 1. The normalized spacial score (nSPS) is 11.9. The zero-order valence-electron chi connectivity index (χ0n) is 22.0. The topological polar surface area (TPSA) is 94.7 Å². The molecule has 8 heteroatoms. The van der Waals surface area contributed by atoms with E-state index in [1.807, 2.05) is 29.2 Å². The monoisotopic (exact) mass is 529 g/mol. The number of rotatable bonds is 14. The minimum Gasteiger partial charge on any atom is -0.506 e. The average Bonchev–Trinajstić information content (AvgIpc) is 2.87. The van der Waals surface area contributed by atoms with E-state index in [2.05, 4.69) is 43.2 Å². The van der Waals surface area contributed by atoms with Crippen molar-refractivity contribution in [2.24, 2.45) is 5.92 Å². The van der Waals surface area contributed by atoms with Gasteiger partial charge in [0.25, 0.3) is 0 Å². The molecule has 202 valence electrons. The molecule has 0 saturated heterocycles. The summed E-state index contributed by atoms with van der Waals surface area (Å²) in [5, 5.41) is 14.3. The largest absolute Gasteiger partial charge is 0.506 e. The summed E-state index contributed by atoms with van der Waals surface area (Å²) in [6.07, 6.45) is 1.97. The fourth-order valence-corrected chi connectivity index (χ4v) is 4.22. The number of ether oxygens (including phenoxy) is 1. The number of halogens is 1. The molecule has 3 rings (SSSR count).